The largest absolute Gasteiger partial charge is 0.483 e. The van der Waals surface area contributed by atoms with E-state index >= 15 is 0 Å². The molecular formula is C22H21ClN6O3. The molecule has 1 amide bonds. The second kappa shape index (κ2) is 8.72. The number of hydrogen-bond acceptors (Lipinski definition) is 6. The second-order valence-electron chi connectivity index (χ2n) is 7.31. The molecule has 164 valence electrons. The number of aromatic nitrogens is 4. The molecule has 0 radical (unpaired) electrons. The van der Waals surface area contributed by atoms with Crippen LogP contribution in [0.2, 0.25) is 5.02 Å². The topological polar surface area (TPSA) is 139 Å². The van der Waals surface area contributed by atoms with E-state index in [0.29, 0.717) is 27.8 Å². The van der Waals surface area contributed by atoms with E-state index in [-0.39, 0.29) is 17.4 Å². The predicted octanol–water partition coefficient (Wildman–Crippen LogP) is 3.71. The molecular weight excluding hydrogens is 432 g/mol. The van der Waals surface area contributed by atoms with E-state index in [1.807, 2.05) is 25.1 Å². The number of nitrogens with one attached hydrogen (secondary N) is 3. The number of imidazole rings is 1. The molecule has 10 heteroatoms. The zero-order valence-electron chi connectivity index (χ0n) is 17.3. The van der Waals surface area contributed by atoms with Crippen LogP contribution in [0.4, 0.5) is 5.95 Å². The van der Waals surface area contributed by atoms with Gasteiger partial charge in [0.25, 0.3) is 11.5 Å². The van der Waals surface area contributed by atoms with Gasteiger partial charge in [0.2, 0.25) is 5.95 Å². The van der Waals surface area contributed by atoms with Crippen LogP contribution in [0.1, 0.15) is 47.7 Å². The average molecular weight is 453 g/mol. The number of halogens is 1. The van der Waals surface area contributed by atoms with Gasteiger partial charge < -0.3 is 25.8 Å². The summed E-state index contributed by atoms with van der Waals surface area (Å²) < 4.78 is 5.98. The summed E-state index contributed by atoms with van der Waals surface area (Å²) in [5.74, 6) is 0.157. The summed E-state index contributed by atoms with van der Waals surface area (Å²) in [6.45, 7) is 3.68. The standard InChI is InChI=1S/C22H21ClN6O3/c1-11(27-22-26-10-18(29-22)20(24)30)14-7-13-8-15(23)19(9-17(13)28-21(14)31)32-12(2)16-5-3-4-6-25-16/h3-12H,1-2H3,(H2,24,30)(H,28,31)(H2,26,27,29)/t11-,12+/m0/s1. The number of rotatable bonds is 7. The Morgan fingerprint density at radius 1 is 1.19 bits per heavy atom. The highest BCUT2D eigenvalue weighted by atomic mass is 35.5. The van der Waals surface area contributed by atoms with Crippen molar-refractivity contribution in [2.45, 2.75) is 26.0 Å². The molecule has 0 aliphatic heterocycles. The van der Waals surface area contributed by atoms with Gasteiger partial charge in [-0.05, 0) is 38.1 Å². The number of carbonyl (C=O) groups excluding carboxylic acids is 1. The molecule has 0 spiro atoms. The predicted molar refractivity (Wildman–Crippen MR) is 122 cm³/mol. The Kier molecular flexibility index (Phi) is 5.83. The molecule has 4 rings (SSSR count). The lowest BCUT2D eigenvalue weighted by atomic mass is 10.1. The maximum atomic E-state index is 12.7. The number of nitrogens with two attached hydrogens (primary N) is 1. The van der Waals surface area contributed by atoms with Crippen molar-refractivity contribution in [3.63, 3.8) is 0 Å². The molecule has 32 heavy (non-hydrogen) atoms. The fraction of sp³-hybridized carbons (Fsp3) is 0.182. The van der Waals surface area contributed by atoms with Gasteiger partial charge in [0.1, 0.15) is 17.5 Å². The van der Waals surface area contributed by atoms with Crippen molar-refractivity contribution in [2.75, 3.05) is 5.32 Å². The number of fused-ring (bicyclic) bond motifs is 1. The van der Waals surface area contributed by atoms with Gasteiger partial charge in [-0.15, -0.1) is 0 Å². The number of pyridine rings is 2. The van der Waals surface area contributed by atoms with Gasteiger partial charge in [0, 0.05) is 23.2 Å². The number of nitrogens with zero attached hydrogens (tertiary/aromatic N) is 2. The Balaban J connectivity index is 1.60. The number of H-pyrrole nitrogens is 2. The number of hydrogen-bond donors (Lipinski definition) is 4. The van der Waals surface area contributed by atoms with Gasteiger partial charge in [-0.25, -0.2) is 4.98 Å². The summed E-state index contributed by atoms with van der Waals surface area (Å²) in [7, 11) is 0. The molecule has 3 aromatic heterocycles. The van der Waals surface area contributed by atoms with Crippen LogP contribution in [0.3, 0.4) is 0 Å². The Hall–Kier alpha value is -3.85. The van der Waals surface area contributed by atoms with Crippen LogP contribution in [0.25, 0.3) is 10.9 Å². The van der Waals surface area contributed by atoms with Crippen LogP contribution in [0.5, 0.6) is 5.75 Å². The van der Waals surface area contributed by atoms with Crippen molar-refractivity contribution in [1.82, 2.24) is 19.9 Å². The quantitative estimate of drug-likeness (QED) is 0.337. The minimum Gasteiger partial charge on any atom is -0.483 e. The first-order chi connectivity index (χ1) is 15.3. The van der Waals surface area contributed by atoms with Crippen LogP contribution >= 0.6 is 11.6 Å². The van der Waals surface area contributed by atoms with Gasteiger partial charge in [-0.3, -0.25) is 14.6 Å². The first-order valence-electron chi connectivity index (χ1n) is 9.87. The van der Waals surface area contributed by atoms with Crippen molar-refractivity contribution in [3.05, 3.63) is 81.1 Å². The number of aromatic amines is 2. The number of carbonyl (C=O) groups is 1. The average Bonchev–Trinajstić information content (AvgIpc) is 3.23. The number of benzene rings is 1. The van der Waals surface area contributed by atoms with Gasteiger partial charge in [-0.2, -0.15) is 0 Å². The number of ether oxygens (including phenoxy) is 1. The molecule has 0 saturated heterocycles. The van der Waals surface area contributed by atoms with E-state index < -0.39 is 11.9 Å². The Morgan fingerprint density at radius 3 is 2.69 bits per heavy atom. The van der Waals surface area contributed by atoms with E-state index in [9.17, 15) is 9.59 Å². The van der Waals surface area contributed by atoms with Crippen LogP contribution in [0.15, 0.2) is 53.6 Å². The van der Waals surface area contributed by atoms with Gasteiger partial charge >= 0.3 is 0 Å². The molecule has 5 N–H and O–H groups in total. The van der Waals surface area contributed by atoms with Crippen molar-refractivity contribution < 1.29 is 9.53 Å². The highest BCUT2D eigenvalue weighted by molar-refractivity contribution is 6.32. The Morgan fingerprint density at radius 2 is 2.00 bits per heavy atom. The van der Waals surface area contributed by atoms with Crippen LogP contribution in [-0.4, -0.2) is 25.8 Å². The highest BCUT2D eigenvalue weighted by Crippen LogP contribution is 2.32. The first-order valence-corrected chi connectivity index (χ1v) is 10.2. The maximum absolute atomic E-state index is 12.7. The summed E-state index contributed by atoms with van der Waals surface area (Å²) in [4.78, 5) is 37.9. The molecule has 0 unspecified atom stereocenters. The van der Waals surface area contributed by atoms with Crippen molar-refractivity contribution in [3.8, 4) is 5.75 Å². The fourth-order valence-electron chi connectivity index (χ4n) is 3.31. The third-order valence-corrected chi connectivity index (χ3v) is 5.29. The lowest BCUT2D eigenvalue weighted by Crippen LogP contribution is -2.20. The van der Waals surface area contributed by atoms with Crippen molar-refractivity contribution in [2.24, 2.45) is 5.73 Å². The summed E-state index contributed by atoms with van der Waals surface area (Å²) in [6.07, 6.45) is 2.71. The highest BCUT2D eigenvalue weighted by Gasteiger charge is 2.16. The summed E-state index contributed by atoms with van der Waals surface area (Å²) in [5, 5.41) is 4.21. The lowest BCUT2D eigenvalue weighted by Gasteiger charge is -2.17. The summed E-state index contributed by atoms with van der Waals surface area (Å²) in [6, 6.07) is 10.4. The molecule has 0 saturated carbocycles. The number of primary amides is 1. The monoisotopic (exact) mass is 452 g/mol. The lowest BCUT2D eigenvalue weighted by molar-refractivity contribution is 0.0996. The van der Waals surface area contributed by atoms with Gasteiger partial charge in [0.15, 0.2) is 0 Å². The number of amides is 1. The summed E-state index contributed by atoms with van der Waals surface area (Å²) >= 11 is 6.46. The minimum absolute atomic E-state index is 0.173. The zero-order valence-corrected chi connectivity index (χ0v) is 18.1. The third-order valence-electron chi connectivity index (χ3n) is 4.99. The second-order valence-corrected chi connectivity index (χ2v) is 7.72. The van der Waals surface area contributed by atoms with Crippen molar-refractivity contribution in [1.29, 1.82) is 0 Å². The molecule has 9 nitrogen and oxygen atoms in total. The van der Waals surface area contributed by atoms with Gasteiger partial charge in [0.05, 0.1) is 28.5 Å². The SMILES string of the molecule is C[C@H](Nc1ncc(C(N)=O)[nH]1)c1cc2cc(Cl)c(O[C@H](C)c3ccccn3)cc2[nH]c1=O. The molecule has 0 aliphatic carbocycles. The van der Waals surface area contributed by atoms with E-state index in [1.165, 1.54) is 6.20 Å². The maximum Gasteiger partial charge on any atom is 0.266 e. The third kappa shape index (κ3) is 4.42. The molecule has 0 aliphatic rings. The smallest absolute Gasteiger partial charge is 0.266 e. The van der Waals surface area contributed by atoms with Crippen LogP contribution < -0.4 is 21.3 Å². The fourth-order valence-corrected chi connectivity index (χ4v) is 3.52. The zero-order chi connectivity index (χ0) is 22.8. The van der Waals surface area contributed by atoms with Crippen LogP contribution in [-0.2, 0) is 0 Å². The first kappa shape index (κ1) is 21.4. The molecule has 1 aromatic carbocycles. The molecule has 0 bridgehead atoms. The van der Waals surface area contributed by atoms with E-state index in [4.69, 9.17) is 22.1 Å². The van der Waals surface area contributed by atoms with E-state index in [0.717, 1.165) is 11.1 Å². The van der Waals surface area contributed by atoms with E-state index in [1.54, 1.807) is 31.3 Å². The van der Waals surface area contributed by atoms with Gasteiger partial charge in [-0.1, -0.05) is 17.7 Å². The number of anilines is 1. The Bertz CT molecular complexity index is 1330. The minimum atomic E-state index is -0.619. The molecule has 4 aromatic rings. The summed E-state index contributed by atoms with van der Waals surface area (Å²) in [5.41, 5.74) is 6.96. The van der Waals surface area contributed by atoms with Crippen LogP contribution in [0, 0.1) is 0 Å². The molecule has 0 fully saturated rings. The Labute approximate surface area is 188 Å². The normalized spacial score (nSPS) is 13.0. The van der Waals surface area contributed by atoms with Crippen molar-refractivity contribution >= 4 is 34.4 Å². The van der Waals surface area contributed by atoms with E-state index in [2.05, 4.69) is 25.3 Å². The molecule has 3 heterocycles. The molecule has 2 atom stereocenters.